The molecule has 3 rings (SSSR count). The molecule has 0 aliphatic rings. The van der Waals surface area contributed by atoms with E-state index in [9.17, 15) is 4.79 Å². The van der Waals surface area contributed by atoms with Crippen LogP contribution in [0.5, 0.6) is 11.5 Å². The summed E-state index contributed by atoms with van der Waals surface area (Å²) in [5.41, 5.74) is 2.13. The van der Waals surface area contributed by atoms with E-state index >= 15 is 0 Å². The van der Waals surface area contributed by atoms with Crippen molar-refractivity contribution < 1.29 is 27.5 Å². The zero-order valence-corrected chi connectivity index (χ0v) is 23.6. The molecule has 0 aliphatic carbocycles. The van der Waals surface area contributed by atoms with E-state index in [1.54, 1.807) is 42.1 Å². The van der Waals surface area contributed by atoms with Crippen molar-refractivity contribution in [2.24, 2.45) is 0 Å². The maximum Gasteiger partial charge on any atom is 0.500 e. The van der Waals surface area contributed by atoms with Gasteiger partial charge in [0.1, 0.15) is 23.8 Å². The first kappa shape index (κ1) is 29.2. The number of hydrogen-bond donors (Lipinski definition) is 0. The van der Waals surface area contributed by atoms with E-state index in [0.717, 1.165) is 12.0 Å². The molecule has 0 radical (unpaired) electrons. The van der Waals surface area contributed by atoms with Crippen molar-refractivity contribution in [3.8, 4) is 11.5 Å². The van der Waals surface area contributed by atoms with Gasteiger partial charge in [0, 0.05) is 43.5 Å². The van der Waals surface area contributed by atoms with Crippen LogP contribution >= 0.6 is 0 Å². The lowest BCUT2D eigenvalue weighted by atomic mass is 10.1. The molecule has 0 aliphatic heterocycles. The molecule has 204 valence electrons. The molecule has 0 bridgehead atoms. The van der Waals surface area contributed by atoms with Crippen molar-refractivity contribution in [1.29, 1.82) is 0 Å². The number of carbonyl (C=O) groups is 1. The van der Waals surface area contributed by atoms with Gasteiger partial charge in [-0.3, -0.25) is 9.48 Å². The lowest BCUT2D eigenvalue weighted by Gasteiger charge is -2.28. The Balaban J connectivity index is 1.48. The second-order valence-corrected chi connectivity index (χ2v) is 11.0. The molecule has 2 aromatic carbocycles. The molecule has 0 fully saturated rings. The van der Waals surface area contributed by atoms with Crippen molar-refractivity contribution in [3.63, 3.8) is 0 Å². The zero-order valence-electron chi connectivity index (χ0n) is 22.6. The minimum Gasteiger partial charge on any atom is -0.496 e. The van der Waals surface area contributed by atoms with Crippen LogP contribution < -0.4 is 9.47 Å². The van der Waals surface area contributed by atoms with Crippen molar-refractivity contribution in [2.45, 2.75) is 46.4 Å². The molecular weight excluding hydrogens is 502 g/mol. The fraction of sp³-hybridized carbons (Fsp3) is 0.393. The van der Waals surface area contributed by atoms with E-state index in [4.69, 9.17) is 22.8 Å². The molecule has 10 heteroatoms. The highest BCUT2D eigenvalue weighted by Gasteiger charge is 2.39. The molecule has 0 atom stereocenters. The smallest absolute Gasteiger partial charge is 0.496 e. The largest absolute Gasteiger partial charge is 0.500 e. The lowest BCUT2D eigenvalue weighted by molar-refractivity contribution is 0.0704. The summed E-state index contributed by atoms with van der Waals surface area (Å²) in [6.07, 6.45) is 5.96. The summed E-state index contributed by atoms with van der Waals surface area (Å²) >= 11 is 0. The Labute approximate surface area is 225 Å². The second-order valence-electron chi connectivity index (χ2n) is 8.31. The quantitative estimate of drug-likeness (QED) is 0.131. The van der Waals surface area contributed by atoms with Gasteiger partial charge in [0.15, 0.2) is 5.78 Å². The number of ether oxygens (including phenoxy) is 2. The predicted molar refractivity (Wildman–Crippen MR) is 147 cm³/mol. The number of ketones is 1. The summed E-state index contributed by atoms with van der Waals surface area (Å²) in [5.74, 6) is 1.26. The maximum atomic E-state index is 12.6. The van der Waals surface area contributed by atoms with Gasteiger partial charge < -0.3 is 22.8 Å². The van der Waals surface area contributed by atoms with E-state index in [1.165, 1.54) is 6.08 Å². The number of aromatic nitrogens is 3. The summed E-state index contributed by atoms with van der Waals surface area (Å²) in [5, 5.41) is 8.40. The number of para-hydroxylation sites is 1. The highest BCUT2D eigenvalue weighted by atomic mass is 28.4. The van der Waals surface area contributed by atoms with Crippen LogP contribution in [0.2, 0.25) is 6.04 Å². The van der Waals surface area contributed by atoms with Gasteiger partial charge in [0.2, 0.25) is 0 Å². The molecule has 0 saturated carbocycles. The van der Waals surface area contributed by atoms with Crippen molar-refractivity contribution in [2.75, 3.05) is 26.9 Å². The van der Waals surface area contributed by atoms with Gasteiger partial charge >= 0.3 is 8.80 Å². The molecule has 3 aromatic rings. The molecule has 38 heavy (non-hydrogen) atoms. The molecule has 0 N–H and O–H groups in total. The van der Waals surface area contributed by atoms with E-state index < -0.39 is 8.80 Å². The Morgan fingerprint density at radius 2 is 1.66 bits per heavy atom. The van der Waals surface area contributed by atoms with E-state index in [1.807, 2.05) is 51.2 Å². The molecule has 9 nitrogen and oxygen atoms in total. The summed E-state index contributed by atoms with van der Waals surface area (Å²) in [6, 6.07) is 15.3. The van der Waals surface area contributed by atoms with Gasteiger partial charge in [-0.2, -0.15) is 0 Å². The van der Waals surface area contributed by atoms with Crippen molar-refractivity contribution in [3.05, 3.63) is 77.6 Å². The first-order valence-electron chi connectivity index (χ1n) is 12.9. The minimum absolute atomic E-state index is 0.101. The first-order chi connectivity index (χ1) is 18.5. The van der Waals surface area contributed by atoms with Crippen LogP contribution in [-0.4, -0.2) is 56.5 Å². The third-order valence-electron chi connectivity index (χ3n) is 5.63. The topological polar surface area (TPSA) is 93.9 Å². The lowest BCUT2D eigenvalue weighted by Crippen LogP contribution is -2.46. The maximum absolute atomic E-state index is 12.6. The van der Waals surface area contributed by atoms with Crippen LogP contribution in [0.1, 0.15) is 48.8 Å². The summed E-state index contributed by atoms with van der Waals surface area (Å²) in [7, 11) is -1.06. The predicted octanol–water partition coefficient (Wildman–Crippen LogP) is 5.20. The van der Waals surface area contributed by atoms with Gasteiger partial charge in [-0.25, -0.2) is 0 Å². The fourth-order valence-electron chi connectivity index (χ4n) is 3.91. The second kappa shape index (κ2) is 15.2. The van der Waals surface area contributed by atoms with E-state index in [2.05, 4.69) is 10.3 Å². The van der Waals surface area contributed by atoms with Gasteiger partial charge in [0.05, 0.1) is 13.3 Å². The Morgan fingerprint density at radius 1 is 0.974 bits per heavy atom. The third kappa shape index (κ3) is 8.62. The van der Waals surface area contributed by atoms with Gasteiger partial charge in [-0.15, -0.1) is 5.10 Å². The van der Waals surface area contributed by atoms with Crippen LogP contribution in [0.3, 0.4) is 0 Å². The minimum atomic E-state index is -2.66. The standard InChI is InChI=1S/C28H37N3O6Si/c1-5-35-38(36-6-2,37-7-3)20-10-19-31-21-25(29-30-31)22-34-26-16-13-23(14-17-26)27(32)18-15-24-11-8-9-12-28(24)33-4/h8-9,11-18,21H,5-7,10,19-20,22H2,1-4H3/b18-15+. The van der Waals surface area contributed by atoms with Crippen LogP contribution in [0.15, 0.2) is 60.8 Å². The molecular formula is C28H37N3O6Si. The average molecular weight is 540 g/mol. The summed E-state index contributed by atoms with van der Waals surface area (Å²) < 4.78 is 30.7. The summed E-state index contributed by atoms with van der Waals surface area (Å²) in [6.45, 7) is 8.49. The van der Waals surface area contributed by atoms with Gasteiger partial charge in [0.25, 0.3) is 0 Å². The molecule has 0 spiro atoms. The first-order valence-corrected chi connectivity index (χ1v) is 14.8. The number of aryl methyl sites for hydroxylation is 1. The van der Waals surface area contributed by atoms with Crippen LogP contribution in [0.25, 0.3) is 6.08 Å². The zero-order chi connectivity index (χ0) is 27.2. The normalized spacial score (nSPS) is 11.7. The number of allylic oxidation sites excluding steroid dienone is 1. The third-order valence-corrected chi connectivity index (χ3v) is 8.78. The van der Waals surface area contributed by atoms with E-state index in [-0.39, 0.29) is 12.4 Å². The van der Waals surface area contributed by atoms with Gasteiger partial charge in [-0.1, -0.05) is 23.4 Å². The number of benzene rings is 2. The molecule has 0 saturated heterocycles. The van der Waals surface area contributed by atoms with Crippen LogP contribution in [-0.2, 0) is 26.4 Å². The Hall–Kier alpha value is -3.31. The Kier molecular flexibility index (Phi) is 11.7. The summed E-state index contributed by atoms with van der Waals surface area (Å²) in [4.78, 5) is 12.6. The SMILES string of the molecule is CCO[Si](CCCn1cc(COc2ccc(C(=O)/C=C/c3ccccc3OC)cc2)nn1)(OCC)OCC. The Bertz CT molecular complexity index is 1150. The molecule has 1 aromatic heterocycles. The fourth-order valence-corrected chi connectivity index (χ4v) is 6.50. The van der Waals surface area contributed by atoms with Gasteiger partial charge in [-0.05, 0) is 69.7 Å². The van der Waals surface area contributed by atoms with Crippen LogP contribution in [0, 0.1) is 0 Å². The molecule has 1 heterocycles. The molecule has 0 amide bonds. The number of hydrogen-bond acceptors (Lipinski definition) is 8. The highest BCUT2D eigenvalue weighted by molar-refractivity contribution is 6.60. The monoisotopic (exact) mass is 539 g/mol. The average Bonchev–Trinajstić information content (AvgIpc) is 3.39. The Morgan fingerprint density at radius 3 is 2.32 bits per heavy atom. The van der Waals surface area contributed by atoms with Crippen LogP contribution in [0.4, 0.5) is 0 Å². The van der Waals surface area contributed by atoms with E-state index in [0.29, 0.717) is 55.2 Å². The van der Waals surface area contributed by atoms with Crippen molar-refractivity contribution >= 4 is 20.7 Å². The number of rotatable bonds is 17. The van der Waals surface area contributed by atoms with Crippen molar-refractivity contribution in [1.82, 2.24) is 15.0 Å². The highest BCUT2D eigenvalue weighted by Crippen LogP contribution is 2.21. The number of methoxy groups -OCH3 is 1. The molecule has 0 unspecified atom stereocenters. The number of carbonyl (C=O) groups excluding carboxylic acids is 1. The number of nitrogens with zero attached hydrogens (tertiary/aromatic N) is 3.